The lowest BCUT2D eigenvalue weighted by Crippen LogP contribution is -2.47. The Bertz CT molecular complexity index is 303. The maximum atomic E-state index is 12.1. The van der Waals surface area contributed by atoms with Crippen molar-refractivity contribution in [3.8, 4) is 0 Å². The van der Waals surface area contributed by atoms with Gasteiger partial charge in [0.1, 0.15) is 0 Å². The number of carbonyl (C=O) groups is 2. The first kappa shape index (κ1) is 15.9. The van der Waals surface area contributed by atoms with Crippen LogP contribution in [0.1, 0.15) is 20.3 Å². The van der Waals surface area contributed by atoms with Crippen LogP contribution in [-0.4, -0.2) is 72.7 Å². The molecule has 1 saturated heterocycles. The molecule has 0 spiro atoms. The first-order chi connectivity index (χ1) is 9.04. The molecule has 1 aliphatic heterocycles. The summed E-state index contributed by atoms with van der Waals surface area (Å²) in [5, 5.41) is 8.94. The lowest BCUT2D eigenvalue weighted by Gasteiger charge is -2.30. The molecule has 1 atom stereocenters. The van der Waals surface area contributed by atoms with Crippen LogP contribution < -0.4 is 0 Å². The van der Waals surface area contributed by atoms with E-state index in [-0.39, 0.29) is 5.91 Å². The molecular weight excluding hydrogens is 248 g/mol. The van der Waals surface area contributed by atoms with E-state index in [0.29, 0.717) is 39.4 Å². The summed E-state index contributed by atoms with van der Waals surface area (Å²) < 4.78 is 5.21. The Hall–Kier alpha value is -1.14. The minimum atomic E-state index is -0.820. The van der Waals surface area contributed by atoms with Crippen LogP contribution >= 0.6 is 0 Å². The van der Waals surface area contributed by atoms with E-state index in [1.165, 1.54) is 0 Å². The summed E-state index contributed by atoms with van der Waals surface area (Å²) >= 11 is 0. The zero-order chi connectivity index (χ0) is 14.3. The SMILES string of the molecule is CCCN(CC(=O)N1CCOCC1)CC(C)C(=O)O. The van der Waals surface area contributed by atoms with E-state index in [0.717, 1.165) is 13.0 Å². The fourth-order valence-electron chi connectivity index (χ4n) is 2.12. The second kappa shape index (κ2) is 8.12. The number of ether oxygens (including phenoxy) is 1. The third kappa shape index (κ3) is 5.57. The molecule has 6 nitrogen and oxygen atoms in total. The number of carboxylic acid groups (broad SMARTS) is 1. The van der Waals surface area contributed by atoms with Crippen LogP contribution in [0.4, 0.5) is 0 Å². The quantitative estimate of drug-likeness (QED) is 0.721. The Morgan fingerprint density at radius 3 is 2.53 bits per heavy atom. The molecule has 1 heterocycles. The van der Waals surface area contributed by atoms with Gasteiger partial charge in [-0.05, 0) is 13.0 Å². The second-order valence-electron chi connectivity index (χ2n) is 4.97. The normalized spacial score (nSPS) is 17.5. The minimum Gasteiger partial charge on any atom is -0.481 e. The number of aliphatic carboxylic acids is 1. The molecule has 1 amide bonds. The molecule has 110 valence electrons. The van der Waals surface area contributed by atoms with Crippen molar-refractivity contribution in [2.75, 3.05) is 45.9 Å². The van der Waals surface area contributed by atoms with E-state index in [1.807, 2.05) is 11.8 Å². The monoisotopic (exact) mass is 272 g/mol. The first-order valence-corrected chi connectivity index (χ1v) is 6.85. The van der Waals surface area contributed by atoms with Gasteiger partial charge in [-0.1, -0.05) is 13.8 Å². The van der Waals surface area contributed by atoms with Crippen LogP contribution in [0, 0.1) is 5.92 Å². The van der Waals surface area contributed by atoms with Gasteiger partial charge in [-0.25, -0.2) is 0 Å². The largest absolute Gasteiger partial charge is 0.481 e. The van der Waals surface area contributed by atoms with Crippen molar-refractivity contribution in [1.82, 2.24) is 9.80 Å². The van der Waals surface area contributed by atoms with Crippen LogP contribution in [0.5, 0.6) is 0 Å². The predicted molar refractivity (Wildman–Crippen MR) is 70.9 cm³/mol. The first-order valence-electron chi connectivity index (χ1n) is 6.85. The number of carboxylic acids is 1. The van der Waals surface area contributed by atoms with Crippen molar-refractivity contribution < 1.29 is 19.4 Å². The van der Waals surface area contributed by atoms with Crippen molar-refractivity contribution >= 4 is 11.9 Å². The van der Waals surface area contributed by atoms with E-state index in [4.69, 9.17) is 9.84 Å². The number of hydrogen-bond donors (Lipinski definition) is 1. The Morgan fingerprint density at radius 1 is 1.37 bits per heavy atom. The lowest BCUT2D eigenvalue weighted by molar-refractivity contribution is -0.143. The standard InChI is InChI=1S/C13H24N2O4/c1-3-4-14(9-11(2)13(17)18)10-12(16)15-5-7-19-8-6-15/h11H,3-10H2,1-2H3,(H,17,18). The Balaban J connectivity index is 2.46. The fourth-order valence-corrected chi connectivity index (χ4v) is 2.12. The lowest BCUT2D eigenvalue weighted by atomic mass is 10.1. The zero-order valence-corrected chi connectivity index (χ0v) is 11.8. The van der Waals surface area contributed by atoms with Gasteiger partial charge >= 0.3 is 5.97 Å². The average molecular weight is 272 g/mol. The van der Waals surface area contributed by atoms with Crippen molar-refractivity contribution in [1.29, 1.82) is 0 Å². The number of hydrogen-bond acceptors (Lipinski definition) is 4. The van der Waals surface area contributed by atoms with Gasteiger partial charge in [0.2, 0.25) is 5.91 Å². The molecule has 6 heteroatoms. The molecule has 1 fully saturated rings. The highest BCUT2D eigenvalue weighted by Crippen LogP contribution is 2.04. The van der Waals surface area contributed by atoms with Crippen molar-refractivity contribution in [2.45, 2.75) is 20.3 Å². The number of morpholine rings is 1. The highest BCUT2D eigenvalue weighted by atomic mass is 16.5. The van der Waals surface area contributed by atoms with Gasteiger partial charge in [-0.3, -0.25) is 14.5 Å². The number of carbonyl (C=O) groups excluding carboxylic acids is 1. The molecule has 0 bridgehead atoms. The van der Waals surface area contributed by atoms with Crippen molar-refractivity contribution in [3.05, 3.63) is 0 Å². The number of amides is 1. The number of nitrogens with zero attached hydrogens (tertiary/aromatic N) is 2. The van der Waals surface area contributed by atoms with Gasteiger partial charge in [0.05, 0.1) is 25.7 Å². The van der Waals surface area contributed by atoms with Crippen LogP contribution in [0.25, 0.3) is 0 Å². The van der Waals surface area contributed by atoms with Gasteiger partial charge in [0.15, 0.2) is 0 Å². The van der Waals surface area contributed by atoms with Crippen LogP contribution in [0.2, 0.25) is 0 Å². The van der Waals surface area contributed by atoms with E-state index in [2.05, 4.69) is 0 Å². The minimum absolute atomic E-state index is 0.0642. The third-order valence-electron chi connectivity index (χ3n) is 3.22. The van der Waals surface area contributed by atoms with Crippen molar-refractivity contribution in [3.63, 3.8) is 0 Å². The van der Waals surface area contributed by atoms with E-state index in [1.54, 1.807) is 11.8 Å². The molecule has 0 aromatic heterocycles. The zero-order valence-electron chi connectivity index (χ0n) is 11.8. The van der Waals surface area contributed by atoms with Gasteiger partial charge in [-0.15, -0.1) is 0 Å². The Morgan fingerprint density at radius 2 is 2.00 bits per heavy atom. The summed E-state index contributed by atoms with van der Waals surface area (Å²) in [4.78, 5) is 26.7. The molecule has 0 saturated carbocycles. The summed E-state index contributed by atoms with van der Waals surface area (Å²) in [5.41, 5.74) is 0. The highest BCUT2D eigenvalue weighted by Gasteiger charge is 2.22. The third-order valence-corrected chi connectivity index (χ3v) is 3.22. The van der Waals surface area contributed by atoms with Gasteiger partial charge in [0, 0.05) is 19.6 Å². The molecule has 1 rings (SSSR count). The Kier molecular flexibility index (Phi) is 6.80. The molecular formula is C13H24N2O4. The fraction of sp³-hybridized carbons (Fsp3) is 0.846. The van der Waals surface area contributed by atoms with Crippen molar-refractivity contribution in [2.24, 2.45) is 5.92 Å². The maximum Gasteiger partial charge on any atom is 0.307 e. The van der Waals surface area contributed by atoms with E-state index in [9.17, 15) is 9.59 Å². The smallest absolute Gasteiger partial charge is 0.307 e. The molecule has 0 aromatic rings. The van der Waals surface area contributed by atoms with Gasteiger partial charge in [0.25, 0.3) is 0 Å². The maximum absolute atomic E-state index is 12.1. The van der Waals surface area contributed by atoms with Gasteiger partial charge in [-0.2, -0.15) is 0 Å². The topological polar surface area (TPSA) is 70.1 Å². The average Bonchev–Trinajstić information content (AvgIpc) is 2.39. The van der Waals surface area contributed by atoms with Crippen LogP contribution in [0.15, 0.2) is 0 Å². The molecule has 1 aliphatic rings. The van der Waals surface area contributed by atoms with E-state index >= 15 is 0 Å². The summed E-state index contributed by atoms with van der Waals surface area (Å²) in [6, 6.07) is 0. The summed E-state index contributed by atoms with van der Waals surface area (Å²) in [6.07, 6.45) is 0.905. The Labute approximate surface area is 114 Å². The molecule has 0 radical (unpaired) electrons. The summed E-state index contributed by atoms with van der Waals surface area (Å²) in [6.45, 7) is 7.59. The molecule has 19 heavy (non-hydrogen) atoms. The predicted octanol–water partition coefficient (Wildman–Crippen LogP) is 0.278. The second-order valence-corrected chi connectivity index (χ2v) is 4.97. The molecule has 1 unspecified atom stereocenters. The molecule has 1 N–H and O–H groups in total. The van der Waals surface area contributed by atoms with Crippen LogP contribution in [-0.2, 0) is 14.3 Å². The molecule has 0 aliphatic carbocycles. The van der Waals surface area contributed by atoms with Gasteiger partial charge < -0.3 is 14.7 Å². The molecule has 0 aromatic carbocycles. The highest BCUT2D eigenvalue weighted by molar-refractivity contribution is 5.78. The van der Waals surface area contributed by atoms with E-state index < -0.39 is 11.9 Å². The summed E-state index contributed by atoms with van der Waals surface area (Å²) in [5.74, 6) is -1.21. The van der Waals surface area contributed by atoms with Crippen LogP contribution in [0.3, 0.4) is 0 Å². The number of rotatable bonds is 7. The summed E-state index contributed by atoms with van der Waals surface area (Å²) in [7, 11) is 0.